The predicted molar refractivity (Wildman–Crippen MR) is 120 cm³/mol. The molecule has 2 N–H and O–H groups in total. The zero-order valence-electron chi connectivity index (χ0n) is 17.1. The molecule has 1 atom stereocenters. The van der Waals surface area contributed by atoms with Gasteiger partial charge in [0.1, 0.15) is 12.4 Å². The summed E-state index contributed by atoms with van der Waals surface area (Å²) in [5, 5.41) is 2.92. The summed E-state index contributed by atoms with van der Waals surface area (Å²) in [4.78, 5) is 31.4. The van der Waals surface area contributed by atoms with Crippen molar-refractivity contribution in [1.82, 2.24) is 9.97 Å². The zero-order chi connectivity index (χ0) is 21.3. The second kappa shape index (κ2) is 10.6. The van der Waals surface area contributed by atoms with E-state index in [9.17, 15) is 9.59 Å². The second-order valence-electron chi connectivity index (χ2n) is 6.84. The van der Waals surface area contributed by atoms with Gasteiger partial charge in [-0.25, -0.2) is 4.98 Å². The van der Waals surface area contributed by atoms with Crippen LogP contribution in [-0.2, 0) is 17.8 Å². The lowest BCUT2D eigenvalue weighted by Crippen LogP contribution is -2.23. The highest BCUT2D eigenvalue weighted by Crippen LogP contribution is 2.22. The van der Waals surface area contributed by atoms with Crippen LogP contribution in [0.15, 0.2) is 70.6 Å². The lowest BCUT2D eigenvalue weighted by molar-refractivity contribution is -0.115. The van der Waals surface area contributed by atoms with Gasteiger partial charge in [-0.05, 0) is 43.2 Å². The summed E-state index contributed by atoms with van der Waals surface area (Å²) < 4.78 is 5.76. The quantitative estimate of drug-likeness (QED) is 0.393. The number of hydrogen-bond acceptors (Lipinski definition) is 5. The molecule has 0 saturated carbocycles. The average Bonchev–Trinajstić information content (AvgIpc) is 2.74. The number of H-pyrrole nitrogens is 1. The van der Waals surface area contributed by atoms with Gasteiger partial charge in [0.15, 0.2) is 5.16 Å². The summed E-state index contributed by atoms with van der Waals surface area (Å²) in [6.07, 6.45) is 1.64. The number of anilines is 1. The Morgan fingerprint density at radius 1 is 1.17 bits per heavy atom. The molecule has 1 aromatic heterocycles. The van der Waals surface area contributed by atoms with E-state index in [2.05, 4.69) is 15.3 Å². The summed E-state index contributed by atoms with van der Waals surface area (Å²) in [6.45, 7) is 4.30. The first-order valence-electron chi connectivity index (χ1n) is 9.88. The van der Waals surface area contributed by atoms with Crippen molar-refractivity contribution in [3.05, 3.63) is 82.3 Å². The van der Waals surface area contributed by atoms with Crippen molar-refractivity contribution in [3.63, 3.8) is 0 Å². The minimum Gasteiger partial charge on any atom is -0.489 e. The monoisotopic (exact) mass is 423 g/mol. The van der Waals surface area contributed by atoms with E-state index in [1.54, 1.807) is 19.1 Å². The Morgan fingerprint density at radius 2 is 1.90 bits per heavy atom. The molecule has 3 rings (SSSR count). The molecule has 6 nitrogen and oxygen atoms in total. The number of nitrogens with zero attached hydrogens (tertiary/aromatic N) is 1. The van der Waals surface area contributed by atoms with E-state index in [0.29, 0.717) is 17.5 Å². The molecule has 0 aliphatic carbocycles. The standard InChI is InChI=1S/C23H25N3O3S/c1-3-7-19-14-21(27)26-23(25-19)30-16(2)22(28)24-18-10-12-20(13-11-18)29-15-17-8-5-4-6-9-17/h4-6,8-14,16H,3,7,15H2,1-2H3,(H,24,28)(H,25,26,27)/t16-/m1/s1. The lowest BCUT2D eigenvalue weighted by Gasteiger charge is -2.12. The summed E-state index contributed by atoms with van der Waals surface area (Å²) in [6, 6.07) is 18.7. The van der Waals surface area contributed by atoms with Gasteiger partial charge in [0.05, 0.1) is 5.25 Å². The van der Waals surface area contributed by atoms with Crippen LogP contribution >= 0.6 is 11.8 Å². The van der Waals surface area contributed by atoms with E-state index in [1.807, 2.05) is 49.4 Å². The molecule has 30 heavy (non-hydrogen) atoms. The Balaban J connectivity index is 1.54. The Bertz CT molecular complexity index is 1020. The molecule has 0 radical (unpaired) electrons. The number of carbonyl (C=O) groups excluding carboxylic acids is 1. The number of benzene rings is 2. The molecule has 156 valence electrons. The molecule has 0 saturated heterocycles. The van der Waals surface area contributed by atoms with Gasteiger partial charge in [-0.1, -0.05) is 55.4 Å². The largest absolute Gasteiger partial charge is 0.489 e. The van der Waals surface area contributed by atoms with Gasteiger partial charge in [0.25, 0.3) is 5.56 Å². The van der Waals surface area contributed by atoms with Gasteiger partial charge >= 0.3 is 0 Å². The molecule has 3 aromatic rings. The zero-order valence-corrected chi connectivity index (χ0v) is 17.9. The minimum absolute atomic E-state index is 0.165. The number of thioether (sulfide) groups is 1. The normalized spacial score (nSPS) is 11.7. The molecular weight excluding hydrogens is 398 g/mol. The Labute approximate surface area is 180 Å². The molecule has 0 aliphatic heterocycles. The van der Waals surface area contributed by atoms with E-state index >= 15 is 0 Å². The fourth-order valence-corrected chi connectivity index (χ4v) is 3.59. The van der Waals surface area contributed by atoms with E-state index in [4.69, 9.17) is 4.74 Å². The number of aromatic nitrogens is 2. The summed E-state index contributed by atoms with van der Waals surface area (Å²) in [5.41, 5.74) is 2.31. The van der Waals surface area contributed by atoms with Crippen molar-refractivity contribution in [2.24, 2.45) is 0 Å². The molecule has 0 bridgehead atoms. The Kier molecular flexibility index (Phi) is 7.68. The van der Waals surface area contributed by atoms with Crippen molar-refractivity contribution in [2.75, 3.05) is 5.32 Å². The molecule has 0 aliphatic rings. The van der Waals surface area contributed by atoms with Crippen LogP contribution in [0.2, 0.25) is 0 Å². The number of amides is 1. The summed E-state index contributed by atoms with van der Waals surface area (Å²) >= 11 is 1.23. The third kappa shape index (κ3) is 6.49. The first-order chi connectivity index (χ1) is 14.5. The van der Waals surface area contributed by atoms with Crippen LogP contribution < -0.4 is 15.6 Å². The van der Waals surface area contributed by atoms with Crippen molar-refractivity contribution in [2.45, 2.75) is 43.7 Å². The maximum absolute atomic E-state index is 12.5. The van der Waals surface area contributed by atoms with E-state index < -0.39 is 5.25 Å². The van der Waals surface area contributed by atoms with Crippen LogP contribution in [0.4, 0.5) is 5.69 Å². The molecule has 0 unspecified atom stereocenters. The predicted octanol–water partition coefficient (Wildman–Crippen LogP) is 4.42. The highest BCUT2D eigenvalue weighted by molar-refractivity contribution is 8.00. The molecule has 0 fully saturated rings. The average molecular weight is 424 g/mol. The maximum atomic E-state index is 12.5. The third-order valence-electron chi connectivity index (χ3n) is 4.31. The fraction of sp³-hybridized carbons (Fsp3) is 0.261. The molecule has 0 spiro atoms. The van der Waals surface area contributed by atoms with Gasteiger partial charge in [-0.2, -0.15) is 0 Å². The second-order valence-corrected chi connectivity index (χ2v) is 8.17. The van der Waals surface area contributed by atoms with Crippen LogP contribution in [-0.4, -0.2) is 21.1 Å². The van der Waals surface area contributed by atoms with Gasteiger partial charge in [-0.15, -0.1) is 0 Å². The number of rotatable bonds is 9. The highest BCUT2D eigenvalue weighted by atomic mass is 32.2. The van der Waals surface area contributed by atoms with Crippen molar-refractivity contribution < 1.29 is 9.53 Å². The number of aromatic amines is 1. The van der Waals surface area contributed by atoms with Gasteiger partial charge in [0, 0.05) is 17.4 Å². The van der Waals surface area contributed by atoms with Gasteiger partial charge < -0.3 is 15.0 Å². The summed E-state index contributed by atoms with van der Waals surface area (Å²) in [5.74, 6) is 0.565. The highest BCUT2D eigenvalue weighted by Gasteiger charge is 2.16. The summed E-state index contributed by atoms with van der Waals surface area (Å²) in [7, 11) is 0. The van der Waals surface area contributed by atoms with E-state index in [1.165, 1.54) is 17.8 Å². The van der Waals surface area contributed by atoms with Crippen molar-refractivity contribution in [1.29, 1.82) is 0 Å². The first-order valence-corrected chi connectivity index (χ1v) is 10.8. The lowest BCUT2D eigenvalue weighted by atomic mass is 10.2. The fourth-order valence-electron chi connectivity index (χ4n) is 2.76. The van der Waals surface area contributed by atoms with Crippen LogP contribution in [0.3, 0.4) is 0 Å². The van der Waals surface area contributed by atoms with Crippen LogP contribution in [0.1, 0.15) is 31.5 Å². The third-order valence-corrected chi connectivity index (χ3v) is 5.29. The molecule has 1 amide bonds. The number of nitrogens with one attached hydrogen (secondary N) is 2. The Hall–Kier alpha value is -3.06. The number of hydrogen-bond donors (Lipinski definition) is 2. The van der Waals surface area contributed by atoms with Crippen LogP contribution in [0.25, 0.3) is 0 Å². The first kappa shape index (κ1) is 21.6. The number of carbonyl (C=O) groups is 1. The van der Waals surface area contributed by atoms with Crippen molar-refractivity contribution >= 4 is 23.4 Å². The van der Waals surface area contributed by atoms with E-state index in [-0.39, 0.29) is 11.5 Å². The van der Waals surface area contributed by atoms with Crippen LogP contribution in [0, 0.1) is 0 Å². The molecule has 7 heteroatoms. The molecule has 1 heterocycles. The van der Waals surface area contributed by atoms with Gasteiger partial charge in [0.2, 0.25) is 5.91 Å². The molecule has 2 aromatic carbocycles. The van der Waals surface area contributed by atoms with E-state index in [0.717, 1.165) is 29.8 Å². The topological polar surface area (TPSA) is 84.1 Å². The van der Waals surface area contributed by atoms with Crippen molar-refractivity contribution in [3.8, 4) is 5.75 Å². The number of ether oxygens (including phenoxy) is 1. The SMILES string of the molecule is CCCc1cc(=O)[nH]c(S[C@H](C)C(=O)Nc2ccc(OCc3ccccc3)cc2)n1. The number of aryl methyl sites for hydroxylation is 1. The Morgan fingerprint density at radius 3 is 2.60 bits per heavy atom. The maximum Gasteiger partial charge on any atom is 0.251 e. The minimum atomic E-state index is -0.418. The molecular formula is C23H25N3O3S. The van der Waals surface area contributed by atoms with Gasteiger partial charge in [-0.3, -0.25) is 9.59 Å². The van der Waals surface area contributed by atoms with Crippen LogP contribution in [0.5, 0.6) is 5.75 Å². The smallest absolute Gasteiger partial charge is 0.251 e.